The van der Waals surface area contributed by atoms with Gasteiger partial charge < -0.3 is 45.4 Å². The van der Waals surface area contributed by atoms with Crippen LogP contribution in [0.5, 0.6) is 0 Å². The minimum atomic E-state index is -1.61. The number of carbonyl (C=O) groups excluding carboxylic acids is 1. The number of aliphatic hydroxyl groups excluding tert-OH is 6. The van der Waals surface area contributed by atoms with E-state index in [9.17, 15) is 35.4 Å². The summed E-state index contributed by atoms with van der Waals surface area (Å²) in [5, 5.41) is 65.1. The molecule has 0 spiro atoms. The van der Waals surface area contributed by atoms with Gasteiger partial charge in [0.15, 0.2) is 6.29 Å². The van der Waals surface area contributed by atoms with Gasteiger partial charge in [0.1, 0.15) is 30.5 Å². The van der Waals surface area contributed by atoms with Crippen molar-refractivity contribution in [3.8, 4) is 0 Å². The van der Waals surface area contributed by atoms with Gasteiger partial charge in [-0.1, -0.05) is 295 Å². The zero-order valence-electron chi connectivity index (χ0n) is 47.1. The van der Waals surface area contributed by atoms with Gasteiger partial charge in [0.25, 0.3) is 0 Å². The second-order valence-electron chi connectivity index (χ2n) is 22.0. The Labute approximate surface area is 443 Å². The fourth-order valence-corrected chi connectivity index (χ4v) is 10.1. The van der Waals surface area contributed by atoms with Gasteiger partial charge in [-0.05, 0) is 32.1 Å². The third-order valence-corrected chi connectivity index (χ3v) is 15.1. The van der Waals surface area contributed by atoms with E-state index in [0.29, 0.717) is 12.8 Å². The standard InChI is InChI=1S/C62H119NO9/c1-3-5-7-9-11-13-15-17-19-21-22-23-24-25-26-27-28-29-30-31-32-33-35-37-39-41-43-45-47-49-51-56(66)61(70)63-54(53-71-62-60(69)59(68)58(67)57(52-64)72-62)55(65)50-48-46-44-42-40-38-36-34-20-18-16-14-12-10-8-6-4-2/h40,42,48,50,54-60,62,64-69H,3-39,41,43-47,49,51-53H2,1-2H3,(H,63,70)/b42-40+,50-48+. The molecule has 0 radical (unpaired) electrons. The Kier molecular flexibility index (Phi) is 49.3. The highest BCUT2D eigenvalue weighted by atomic mass is 16.7. The molecule has 0 aromatic carbocycles. The summed E-state index contributed by atoms with van der Waals surface area (Å²) in [6.45, 7) is 3.64. The molecule has 1 rings (SSSR count). The van der Waals surface area contributed by atoms with Crippen molar-refractivity contribution >= 4 is 5.91 Å². The van der Waals surface area contributed by atoms with Crippen LogP contribution in [-0.4, -0.2) is 98.7 Å². The van der Waals surface area contributed by atoms with Gasteiger partial charge in [-0.15, -0.1) is 0 Å². The smallest absolute Gasteiger partial charge is 0.249 e. The van der Waals surface area contributed by atoms with Crippen LogP contribution in [0, 0.1) is 0 Å². The number of amides is 1. The molecule has 426 valence electrons. The summed E-state index contributed by atoms with van der Waals surface area (Å²) in [6, 6.07) is -0.995. The summed E-state index contributed by atoms with van der Waals surface area (Å²) >= 11 is 0. The van der Waals surface area contributed by atoms with Crippen molar-refractivity contribution in [2.24, 2.45) is 0 Å². The van der Waals surface area contributed by atoms with Crippen LogP contribution < -0.4 is 5.32 Å². The minimum Gasteiger partial charge on any atom is -0.394 e. The Bertz CT molecular complexity index is 1200. The second-order valence-corrected chi connectivity index (χ2v) is 22.0. The van der Waals surface area contributed by atoms with Crippen LogP contribution in [0.4, 0.5) is 0 Å². The van der Waals surface area contributed by atoms with Crippen LogP contribution in [0.1, 0.15) is 303 Å². The molecule has 0 aliphatic carbocycles. The van der Waals surface area contributed by atoms with Gasteiger partial charge >= 0.3 is 0 Å². The van der Waals surface area contributed by atoms with E-state index in [-0.39, 0.29) is 6.61 Å². The monoisotopic (exact) mass is 1020 g/mol. The SMILES string of the molecule is CCCCCCCCCCCCC/C=C/CC/C=C/C(O)C(COC1OC(CO)C(O)C(O)C1O)NC(=O)C(O)CCCCCCCCCCCCCCCCCCCCCCCCCCCCCCCC. The lowest BCUT2D eigenvalue weighted by Gasteiger charge is -2.40. The van der Waals surface area contributed by atoms with Crippen LogP contribution in [0.2, 0.25) is 0 Å². The van der Waals surface area contributed by atoms with Crippen molar-refractivity contribution in [2.45, 2.75) is 352 Å². The number of allylic oxidation sites excluding steroid dienone is 3. The van der Waals surface area contributed by atoms with E-state index >= 15 is 0 Å². The maximum atomic E-state index is 13.1. The lowest BCUT2D eigenvalue weighted by molar-refractivity contribution is -0.302. The van der Waals surface area contributed by atoms with Crippen molar-refractivity contribution < 1.29 is 44.9 Å². The molecule has 8 unspecified atom stereocenters. The van der Waals surface area contributed by atoms with Crippen LogP contribution in [-0.2, 0) is 14.3 Å². The third kappa shape index (κ3) is 40.0. The molecule has 1 heterocycles. The highest BCUT2D eigenvalue weighted by Crippen LogP contribution is 2.23. The van der Waals surface area contributed by atoms with E-state index in [1.165, 1.54) is 238 Å². The number of carbonyl (C=O) groups is 1. The number of ether oxygens (including phenoxy) is 2. The predicted octanol–water partition coefficient (Wildman–Crippen LogP) is 14.7. The summed E-state index contributed by atoms with van der Waals surface area (Å²) in [5.74, 6) is -0.620. The number of aliphatic hydroxyl groups is 6. The quantitative estimate of drug-likeness (QED) is 0.0232. The van der Waals surface area contributed by atoms with Gasteiger partial charge in [0.2, 0.25) is 5.91 Å². The first-order chi connectivity index (χ1) is 35.3. The fraction of sp³-hybridized carbons (Fsp3) is 0.919. The maximum absolute atomic E-state index is 13.1. The second kappa shape index (κ2) is 51.7. The zero-order valence-corrected chi connectivity index (χ0v) is 47.1. The largest absolute Gasteiger partial charge is 0.394 e. The van der Waals surface area contributed by atoms with Crippen molar-refractivity contribution in [1.29, 1.82) is 0 Å². The molecular weight excluding hydrogens is 903 g/mol. The van der Waals surface area contributed by atoms with Gasteiger partial charge in [-0.25, -0.2) is 0 Å². The number of nitrogens with one attached hydrogen (secondary N) is 1. The summed E-state index contributed by atoms with van der Waals surface area (Å²) in [5.41, 5.74) is 0. The molecule has 8 atom stereocenters. The number of rotatable bonds is 54. The summed E-state index contributed by atoms with van der Waals surface area (Å²) in [6.07, 6.45) is 55.9. The van der Waals surface area contributed by atoms with Crippen molar-refractivity contribution in [1.82, 2.24) is 5.32 Å². The van der Waals surface area contributed by atoms with E-state index in [0.717, 1.165) is 38.5 Å². The molecule has 0 bridgehead atoms. The first-order valence-electron chi connectivity index (χ1n) is 31.2. The average Bonchev–Trinajstić information content (AvgIpc) is 3.38. The van der Waals surface area contributed by atoms with Crippen molar-refractivity contribution in [3.05, 3.63) is 24.3 Å². The number of hydrogen-bond acceptors (Lipinski definition) is 9. The molecule has 7 N–H and O–H groups in total. The summed E-state index contributed by atoms with van der Waals surface area (Å²) < 4.78 is 11.2. The van der Waals surface area contributed by atoms with E-state index in [1.54, 1.807) is 6.08 Å². The van der Waals surface area contributed by atoms with Crippen LogP contribution >= 0.6 is 0 Å². The Morgan fingerprint density at radius 1 is 0.472 bits per heavy atom. The highest BCUT2D eigenvalue weighted by molar-refractivity contribution is 5.80. The first kappa shape index (κ1) is 68.6. The average molecular weight is 1020 g/mol. The number of unbranched alkanes of at least 4 members (excludes halogenated alkanes) is 41. The molecule has 1 aliphatic rings. The molecule has 0 aromatic rings. The Hall–Kier alpha value is -1.37. The molecule has 1 aliphatic heterocycles. The van der Waals surface area contributed by atoms with Gasteiger partial charge in [-0.3, -0.25) is 4.79 Å². The molecule has 10 heteroatoms. The Balaban J connectivity index is 2.19. The van der Waals surface area contributed by atoms with Crippen molar-refractivity contribution in [3.63, 3.8) is 0 Å². The Morgan fingerprint density at radius 2 is 0.819 bits per heavy atom. The lowest BCUT2D eigenvalue weighted by Crippen LogP contribution is -2.60. The molecule has 72 heavy (non-hydrogen) atoms. The molecule has 0 aromatic heterocycles. The molecule has 1 fully saturated rings. The molecule has 1 saturated heterocycles. The zero-order chi connectivity index (χ0) is 52.4. The van der Waals surface area contributed by atoms with Gasteiger partial charge in [0, 0.05) is 0 Å². The predicted molar refractivity (Wildman–Crippen MR) is 301 cm³/mol. The highest BCUT2D eigenvalue weighted by Gasteiger charge is 2.44. The Morgan fingerprint density at radius 3 is 1.21 bits per heavy atom. The topological polar surface area (TPSA) is 169 Å². The van der Waals surface area contributed by atoms with Crippen LogP contribution in [0.25, 0.3) is 0 Å². The minimum absolute atomic E-state index is 0.309. The van der Waals surface area contributed by atoms with Crippen LogP contribution in [0.3, 0.4) is 0 Å². The lowest BCUT2D eigenvalue weighted by atomic mass is 9.99. The molecule has 10 nitrogen and oxygen atoms in total. The molecule has 1 amide bonds. The van der Waals surface area contributed by atoms with E-state index in [4.69, 9.17) is 9.47 Å². The number of hydrogen-bond donors (Lipinski definition) is 7. The third-order valence-electron chi connectivity index (χ3n) is 15.1. The van der Waals surface area contributed by atoms with Gasteiger partial charge in [-0.2, -0.15) is 0 Å². The molecule has 0 saturated carbocycles. The van der Waals surface area contributed by atoms with E-state index in [2.05, 4.69) is 31.3 Å². The summed E-state index contributed by atoms with van der Waals surface area (Å²) in [7, 11) is 0. The van der Waals surface area contributed by atoms with Gasteiger partial charge in [0.05, 0.1) is 25.4 Å². The van der Waals surface area contributed by atoms with E-state index < -0.39 is 61.5 Å². The van der Waals surface area contributed by atoms with E-state index in [1.807, 2.05) is 6.08 Å². The normalized spacial score (nSPS) is 19.7. The first-order valence-corrected chi connectivity index (χ1v) is 31.2. The van der Waals surface area contributed by atoms with Crippen LogP contribution in [0.15, 0.2) is 24.3 Å². The molecular formula is C62H119NO9. The fourth-order valence-electron chi connectivity index (χ4n) is 10.1. The maximum Gasteiger partial charge on any atom is 0.249 e. The summed E-state index contributed by atoms with van der Waals surface area (Å²) in [4.78, 5) is 13.1. The van der Waals surface area contributed by atoms with Crippen molar-refractivity contribution in [2.75, 3.05) is 13.2 Å².